The van der Waals surface area contributed by atoms with Gasteiger partial charge in [-0.3, -0.25) is 4.79 Å². The number of carbonyl (C=O) groups excluding carboxylic acids is 2. The second kappa shape index (κ2) is 7.57. The van der Waals surface area contributed by atoms with Gasteiger partial charge in [0.2, 0.25) is 0 Å². The van der Waals surface area contributed by atoms with Gasteiger partial charge in [0.1, 0.15) is 0 Å². The molecule has 0 saturated carbocycles. The van der Waals surface area contributed by atoms with Crippen LogP contribution in [0.3, 0.4) is 0 Å². The fourth-order valence-corrected chi connectivity index (χ4v) is 2.79. The van der Waals surface area contributed by atoms with E-state index in [1.54, 1.807) is 30.3 Å². The summed E-state index contributed by atoms with van der Waals surface area (Å²) in [5, 5.41) is 0. The predicted octanol–water partition coefficient (Wildman–Crippen LogP) is 3.71. The van der Waals surface area contributed by atoms with Crippen molar-refractivity contribution in [2.45, 2.75) is 13.8 Å². The summed E-state index contributed by atoms with van der Waals surface area (Å²) in [5.74, 6) is 0.0511. The summed E-state index contributed by atoms with van der Waals surface area (Å²) in [5.41, 5.74) is 0.735. The maximum absolute atomic E-state index is 12.0. The van der Waals surface area contributed by atoms with Crippen LogP contribution in [0.15, 0.2) is 50.1 Å². The minimum absolute atomic E-state index is 0.104. The molecule has 1 aliphatic rings. The Morgan fingerprint density at radius 3 is 2.85 bits per heavy atom. The molecule has 0 saturated heterocycles. The van der Waals surface area contributed by atoms with Crippen LogP contribution in [0, 0.1) is 0 Å². The Morgan fingerprint density at radius 2 is 2.19 bits per heavy atom. The second-order valence-corrected chi connectivity index (χ2v) is 6.02. The lowest BCUT2D eigenvalue weighted by molar-refractivity contribution is -0.132. The molecule has 3 rings (SSSR count). The fraction of sp³-hybridized carbons (Fsp3) is 0.167. The average Bonchev–Trinajstić information content (AvgIpc) is 3.21. The zero-order chi connectivity index (χ0) is 18.7. The fourth-order valence-electron chi connectivity index (χ4n) is 2.25. The monoisotopic (exact) mass is 419 g/mol. The molecule has 1 aromatic heterocycles. The smallest absolute Gasteiger partial charge is 0.363 e. The van der Waals surface area contributed by atoms with E-state index in [1.165, 1.54) is 13.2 Å². The van der Waals surface area contributed by atoms with Crippen LogP contribution in [0.2, 0.25) is 0 Å². The number of cyclic esters (lactones) is 1. The molecule has 0 spiro atoms. The number of hydrogen-bond donors (Lipinski definition) is 0. The van der Waals surface area contributed by atoms with Gasteiger partial charge >= 0.3 is 11.9 Å². The van der Waals surface area contributed by atoms with E-state index in [0.29, 0.717) is 28.2 Å². The lowest BCUT2D eigenvalue weighted by Gasteiger charge is -2.12. The van der Waals surface area contributed by atoms with Crippen molar-refractivity contribution in [1.82, 2.24) is 0 Å². The molecule has 26 heavy (non-hydrogen) atoms. The highest BCUT2D eigenvalue weighted by Crippen LogP contribution is 2.38. The molecule has 134 valence electrons. The molecule has 0 aliphatic carbocycles. The van der Waals surface area contributed by atoms with Gasteiger partial charge in [-0.25, -0.2) is 9.79 Å². The van der Waals surface area contributed by atoms with Gasteiger partial charge in [0.05, 0.1) is 17.3 Å². The van der Waals surface area contributed by atoms with Crippen LogP contribution >= 0.6 is 15.9 Å². The van der Waals surface area contributed by atoms with Crippen LogP contribution in [0.5, 0.6) is 11.5 Å². The molecule has 0 bridgehead atoms. The largest absolute Gasteiger partial charge is 0.490 e. The van der Waals surface area contributed by atoms with Gasteiger partial charge in [0, 0.05) is 6.92 Å². The number of hydrogen-bond acceptors (Lipinski definition) is 7. The molecule has 7 nitrogen and oxygen atoms in total. The Hall–Kier alpha value is -2.87. The van der Waals surface area contributed by atoms with Gasteiger partial charge in [0.25, 0.3) is 5.90 Å². The minimum Gasteiger partial charge on any atom is -0.490 e. The lowest BCUT2D eigenvalue weighted by atomic mass is 10.1. The van der Waals surface area contributed by atoms with Crippen LogP contribution < -0.4 is 9.47 Å². The molecule has 0 N–H and O–H groups in total. The Kier molecular flexibility index (Phi) is 5.22. The highest BCUT2D eigenvalue weighted by molar-refractivity contribution is 9.10. The van der Waals surface area contributed by atoms with Gasteiger partial charge in [0.15, 0.2) is 23.0 Å². The second-order valence-electron chi connectivity index (χ2n) is 5.17. The molecule has 0 amide bonds. The van der Waals surface area contributed by atoms with Crippen LogP contribution in [-0.2, 0) is 14.3 Å². The Morgan fingerprint density at radius 1 is 1.38 bits per heavy atom. The van der Waals surface area contributed by atoms with Gasteiger partial charge < -0.3 is 18.6 Å². The van der Waals surface area contributed by atoms with Gasteiger partial charge in [-0.15, -0.1) is 0 Å². The number of carbonyl (C=O) groups is 2. The number of halogens is 1. The Bertz CT molecular complexity index is 914. The van der Waals surface area contributed by atoms with Crippen molar-refractivity contribution in [3.63, 3.8) is 0 Å². The standard InChI is InChI=1S/C18H14BrNO6/c1-3-23-15-9-11(7-12(19)16(15)25-10(2)21)8-13-18(22)26-17(20-13)14-5-4-6-24-14/h4-9H,3H2,1-2H3. The number of esters is 2. The van der Waals surface area contributed by atoms with Crippen LogP contribution in [0.4, 0.5) is 0 Å². The van der Waals surface area contributed by atoms with Crippen molar-refractivity contribution in [1.29, 1.82) is 0 Å². The number of ether oxygens (including phenoxy) is 3. The van der Waals surface area contributed by atoms with E-state index in [9.17, 15) is 9.59 Å². The summed E-state index contributed by atoms with van der Waals surface area (Å²) in [6.45, 7) is 3.49. The average molecular weight is 420 g/mol. The van der Waals surface area contributed by atoms with Gasteiger partial charge in [-0.2, -0.15) is 0 Å². The Labute approximate surface area is 157 Å². The van der Waals surface area contributed by atoms with E-state index in [-0.39, 0.29) is 17.3 Å². The highest BCUT2D eigenvalue weighted by Gasteiger charge is 2.26. The maximum Gasteiger partial charge on any atom is 0.363 e. The van der Waals surface area contributed by atoms with E-state index in [4.69, 9.17) is 18.6 Å². The molecular formula is C18H14BrNO6. The van der Waals surface area contributed by atoms with E-state index >= 15 is 0 Å². The number of nitrogens with zero attached hydrogens (tertiary/aromatic N) is 1. The zero-order valence-electron chi connectivity index (χ0n) is 13.9. The quantitative estimate of drug-likeness (QED) is 0.417. The topological polar surface area (TPSA) is 87.3 Å². The van der Waals surface area contributed by atoms with E-state index < -0.39 is 11.9 Å². The summed E-state index contributed by atoms with van der Waals surface area (Å²) in [4.78, 5) is 27.5. The molecule has 2 heterocycles. The van der Waals surface area contributed by atoms with E-state index in [0.717, 1.165) is 0 Å². The molecule has 0 radical (unpaired) electrons. The molecule has 1 aliphatic heterocycles. The van der Waals surface area contributed by atoms with Crippen LogP contribution in [-0.4, -0.2) is 24.4 Å². The SMILES string of the molecule is CCOc1cc(C=C2N=C(c3ccco3)OC2=O)cc(Br)c1OC(C)=O. The first-order valence-corrected chi connectivity index (χ1v) is 8.48. The summed E-state index contributed by atoms with van der Waals surface area (Å²) >= 11 is 3.35. The summed E-state index contributed by atoms with van der Waals surface area (Å²) in [7, 11) is 0. The van der Waals surface area contributed by atoms with Crippen molar-refractivity contribution < 1.29 is 28.2 Å². The van der Waals surface area contributed by atoms with Crippen molar-refractivity contribution in [3.05, 3.63) is 52.0 Å². The van der Waals surface area contributed by atoms with Crippen molar-refractivity contribution in [2.75, 3.05) is 6.61 Å². The minimum atomic E-state index is -0.588. The molecule has 2 aromatic rings. The first kappa shape index (κ1) is 17.9. The molecule has 1 aromatic carbocycles. The van der Waals surface area contributed by atoms with Crippen molar-refractivity contribution >= 4 is 39.8 Å². The molecule has 8 heteroatoms. The lowest BCUT2D eigenvalue weighted by Crippen LogP contribution is -2.05. The number of benzene rings is 1. The van der Waals surface area contributed by atoms with Gasteiger partial charge in [-0.05, 0) is 58.8 Å². The van der Waals surface area contributed by atoms with Crippen molar-refractivity contribution in [2.24, 2.45) is 4.99 Å². The van der Waals surface area contributed by atoms with E-state index in [1.807, 2.05) is 6.92 Å². The zero-order valence-corrected chi connectivity index (χ0v) is 15.5. The maximum atomic E-state index is 12.0. The van der Waals surface area contributed by atoms with Gasteiger partial charge in [-0.1, -0.05) is 0 Å². The summed E-state index contributed by atoms with van der Waals surface area (Å²) in [6, 6.07) is 6.65. The molecular weight excluding hydrogens is 406 g/mol. The first-order chi connectivity index (χ1) is 12.5. The predicted molar refractivity (Wildman–Crippen MR) is 95.9 cm³/mol. The Balaban J connectivity index is 1.97. The summed E-state index contributed by atoms with van der Waals surface area (Å²) in [6.07, 6.45) is 3.01. The van der Waals surface area contributed by atoms with Crippen LogP contribution in [0.1, 0.15) is 25.2 Å². The number of aliphatic imine (C=N–C) groups is 1. The third kappa shape index (κ3) is 3.85. The highest BCUT2D eigenvalue weighted by atomic mass is 79.9. The molecule has 0 fully saturated rings. The van der Waals surface area contributed by atoms with Crippen LogP contribution in [0.25, 0.3) is 6.08 Å². The van der Waals surface area contributed by atoms with E-state index in [2.05, 4.69) is 20.9 Å². The third-order valence-electron chi connectivity index (χ3n) is 3.23. The first-order valence-electron chi connectivity index (χ1n) is 7.69. The molecule has 0 unspecified atom stereocenters. The third-order valence-corrected chi connectivity index (χ3v) is 3.82. The normalized spacial score (nSPS) is 15.0. The number of furan rings is 1. The van der Waals surface area contributed by atoms with Crippen molar-refractivity contribution in [3.8, 4) is 11.5 Å². The number of rotatable bonds is 5. The molecule has 0 atom stereocenters. The summed E-state index contributed by atoms with van der Waals surface area (Å²) < 4.78 is 21.5.